The van der Waals surface area contributed by atoms with Gasteiger partial charge in [0.2, 0.25) is 5.82 Å². The molecule has 29 heavy (non-hydrogen) atoms. The highest BCUT2D eigenvalue weighted by Gasteiger charge is 2.33. The molecular weight excluding hydrogens is 390 g/mol. The average molecular weight is 405 g/mol. The van der Waals surface area contributed by atoms with E-state index in [0.29, 0.717) is 41.8 Å². The number of para-hydroxylation sites is 1. The quantitative estimate of drug-likeness (QED) is 0.503. The van der Waals surface area contributed by atoms with Crippen LogP contribution >= 0.6 is 11.3 Å². The summed E-state index contributed by atoms with van der Waals surface area (Å²) < 4.78 is 11.5. The van der Waals surface area contributed by atoms with Gasteiger partial charge >= 0.3 is 0 Å². The maximum atomic E-state index is 12.3. The summed E-state index contributed by atoms with van der Waals surface area (Å²) in [5.41, 5.74) is 1.22. The fourth-order valence-corrected chi connectivity index (χ4v) is 3.70. The Bertz CT molecular complexity index is 1120. The third-order valence-corrected chi connectivity index (χ3v) is 5.35. The first kappa shape index (κ1) is 17.5. The molecule has 0 spiro atoms. The van der Waals surface area contributed by atoms with Crippen LogP contribution in [0.3, 0.4) is 0 Å². The molecule has 4 aromatic rings. The Hall–Kier alpha value is -3.59. The molecule has 0 N–H and O–H groups in total. The Kier molecular flexibility index (Phi) is 4.49. The summed E-state index contributed by atoms with van der Waals surface area (Å²) in [5.74, 6) is 1.38. The van der Waals surface area contributed by atoms with Gasteiger partial charge < -0.3 is 14.2 Å². The van der Waals surface area contributed by atoms with Crippen LogP contribution in [0.15, 0.2) is 64.9 Å². The molecule has 1 aromatic carbocycles. The number of hydrogen-bond donors (Lipinski definition) is 0. The van der Waals surface area contributed by atoms with E-state index in [1.807, 2.05) is 41.8 Å². The van der Waals surface area contributed by atoms with Crippen molar-refractivity contribution >= 4 is 17.2 Å². The van der Waals surface area contributed by atoms with E-state index in [0.717, 1.165) is 4.88 Å². The highest BCUT2D eigenvalue weighted by Crippen LogP contribution is 2.32. The minimum Gasteiger partial charge on any atom is -0.486 e. The lowest BCUT2D eigenvalue weighted by atomic mass is 10.1. The summed E-state index contributed by atoms with van der Waals surface area (Å²) in [6, 6.07) is 11.2. The fourth-order valence-electron chi connectivity index (χ4n) is 3.01. The van der Waals surface area contributed by atoms with Gasteiger partial charge in [-0.25, -0.2) is 4.98 Å². The van der Waals surface area contributed by atoms with Crippen molar-refractivity contribution in [1.82, 2.24) is 25.0 Å². The summed E-state index contributed by atoms with van der Waals surface area (Å²) >= 11 is 1.44. The van der Waals surface area contributed by atoms with Crippen molar-refractivity contribution in [2.45, 2.75) is 6.10 Å². The van der Waals surface area contributed by atoms with Gasteiger partial charge in [-0.05, 0) is 23.6 Å². The van der Waals surface area contributed by atoms with E-state index >= 15 is 0 Å². The van der Waals surface area contributed by atoms with Crippen molar-refractivity contribution in [2.75, 3.05) is 13.1 Å². The number of rotatable bonds is 5. The molecule has 3 aromatic heterocycles. The molecule has 0 saturated carbocycles. The SMILES string of the molecule is O=C(c1cccs1)N1CC(Oc2ccccc2-c2nc(-c3cnccn3)no2)C1. The second kappa shape index (κ2) is 7.44. The average Bonchev–Trinajstić information content (AvgIpc) is 3.43. The number of likely N-dealkylation sites (tertiary alicyclic amines) is 1. The van der Waals surface area contributed by atoms with Crippen LogP contribution in [-0.4, -0.2) is 50.1 Å². The van der Waals surface area contributed by atoms with Crippen molar-refractivity contribution in [3.63, 3.8) is 0 Å². The van der Waals surface area contributed by atoms with Crippen molar-refractivity contribution in [2.24, 2.45) is 0 Å². The molecule has 0 unspecified atom stereocenters. The Balaban J connectivity index is 1.30. The first-order valence-corrected chi connectivity index (χ1v) is 9.85. The third kappa shape index (κ3) is 3.47. The largest absolute Gasteiger partial charge is 0.486 e. The topological polar surface area (TPSA) is 94.2 Å². The van der Waals surface area contributed by atoms with Crippen LogP contribution in [0.1, 0.15) is 9.67 Å². The lowest BCUT2D eigenvalue weighted by Crippen LogP contribution is -2.56. The first-order valence-electron chi connectivity index (χ1n) is 8.97. The predicted molar refractivity (Wildman–Crippen MR) is 105 cm³/mol. The highest BCUT2D eigenvalue weighted by molar-refractivity contribution is 7.12. The van der Waals surface area contributed by atoms with E-state index in [1.165, 1.54) is 11.3 Å². The molecule has 1 fully saturated rings. The Morgan fingerprint density at radius 2 is 2.07 bits per heavy atom. The van der Waals surface area contributed by atoms with Gasteiger partial charge in [0.05, 0.1) is 29.7 Å². The minimum atomic E-state index is -0.0811. The van der Waals surface area contributed by atoms with E-state index in [4.69, 9.17) is 9.26 Å². The Morgan fingerprint density at radius 3 is 2.86 bits per heavy atom. The number of nitrogens with zero attached hydrogens (tertiary/aromatic N) is 5. The standard InChI is InChI=1S/C20H15N5O3S/c26-20(17-6-3-9-29-17)25-11-13(12-25)27-16-5-2-1-4-14(16)19-23-18(24-28-19)15-10-21-7-8-22-15/h1-10,13H,11-12H2. The van der Waals surface area contributed by atoms with E-state index in [9.17, 15) is 4.79 Å². The lowest BCUT2D eigenvalue weighted by Gasteiger charge is -2.38. The minimum absolute atomic E-state index is 0.0404. The van der Waals surface area contributed by atoms with Gasteiger partial charge in [-0.1, -0.05) is 23.4 Å². The molecule has 8 nitrogen and oxygen atoms in total. The normalized spacial score (nSPS) is 13.9. The van der Waals surface area contributed by atoms with Gasteiger partial charge in [0.1, 0.15) is 17.5 Å². The van der Waals surface area contributed by atoms with Crippen molar-refractivity contribution in [3.05, 3.63) is 65.2 Å². The van der Waals surface area contributed by atoms with E-state index in [2.05, 4.69) is 20.1 Å². The van der Waals surface area contributed by atoms with Gasteiger partial charge in [0, 0.05) is 12.4 Å². The lowest BCUT2D eigenvalue weighted by molar-refractivity contribution is 0.0183. The number of hydrogen-bond acceptors (Lipinski definition) is 8. The zero-order chi connectivity index (χ0) is 19.6. The predicted octanol–water partition coefficient (Wildman–Crippen LogP) is 3.16. The molecule has 144 valence electrons. The summed E-state index contributed by atoms with van der Waals surface area (Å²) in [6.07, 6.45) is 4.65. The van der Waals surface area contributed by atoms with Crippen molar-refractivity contribution < 1.29 is 14.1 Å². The number of thiophene rings is 1. The van der Waals surface area contributed by atoms with Crippen LogP contribution in [0.25, 0.3) is 23.0 Å². The first-order chi connectivity index (χ1) is 14.3. The molecule has 4 heterocycles. The summed E-state index contributed by atoms with van der Waals surface area (Å²) in [4.78, 5) is 27.5. The maximum absolute atomic E-state index is 12.3. The van der Waals surface area contributed by atoms with Crippen LogP contribution in [0.4, 0.5) is 0 Å². The monoisotopic (exact) mass is 405 g/mol. The molecule has 0 atom stereocenters. The number of benzene rings is 1. The molecular formula is C20H15N5O3S. The van der Waals surface area contributed by atoms with Gasteiger partial charge in [-0.3, -0.25) is 9.78 Å². The van der Waals surface area contributed by atoms with Gasteiger partial charge in [0.25, 0.3) is 11.8 Å². The van der Waals surface area contributed by atoms with Gasteiger partial charge in [-0.15, -0.1) is 11.3 Å². The number of ether oxygens (including phenoxy) is 1. The van der Waals surface area contributed by atoms with Gasteiger partial charge in [-0.2, -0.15) is 4.98 Å². The highest BCUT2D eigenvalue weighted by atomic mass is 32.1. The number of carbonyl (C=O) groups excluding carboxylic acids is 1. The summed E-state index contributed by atoms with van der Waals surface area (Å²) in [6.45, 7) is 1.08. The van der Waals surface area contributed by atoms with Gasteiger partial charge in [0.15, 0.2) is 0 Å². The van der Waals surface area contributed by atoms with Crippen LogP contribution in [-0.2, 0) is 0 Å². The second-order valence-corrected chi connectivity index (χ2v) is 7.38. The molecule has 0 bridgehead atoms. The molecule has 1 aliphatic rings. The fraction of sp³-hybridized carbons (Fsp3) is 0.150. The van der Waals surface area contributed by atoms with E-state index in [-0.39, 0.29) is 12.0 Å². The zero-order valence-electron chi connectivity index (χ0n) is 15.1. The number of aromatic nitrogens is 4. The summed E-state index contributed by atoms with van der Waals surface area (Å²) in [5, 5.41) is 5.88. The zero-order valence-corrected chi connectivity index (χ0v) is 16.0. The van der Waals surface area contributed by atoms with Crippen molar-refractivity contribution in [3.8, 4) is 28.7 Å². The number of amides is 1. The van der Waals surface area contributed by atoms with E-state index < -0.39 is 0 Å². The molecule has 1 saturated heterocycles. The molecule has 1 amide bonds. The summed E-state index contributed by atoms with van der Waals surface area (Å²) in [7, 11) is 0. The maximum Gasteiger partial charge on any atom is 0.264 e. The molecule has 1 aliphatic heterocycles. The van der Waals surface area contributed by atoms with Crippen LogP contribution in [0, 0.1) is 0 Å². The Labute approximate surface area is 169 Å². The van der Waals surface area contributed by atoms with E-state index in [1.54, 1.807) is 23.5 Å². The third-order valence-electron chi connectivity index (χ3n) is 4.50. The van der Waals surface area contributed by atoms with Crippen LogP contribution in [0.5, 0.6) is 5.75 Å². The van der Waals surface area contributed by atoms with Crippen LogP contribution in [0.2, 0.25) is 0 Å². The second-order valence-electron chi connectivity index (χ2n) is 6.44. The molecule has 0 aliphatic carbocycles. The Morgan fingerprint density at radius 1 is 1.17 bits per heavy atom. The number of carbonyl (C=O) groups is 1. The van der Waals surface area contributed by atoms with Crippen molar-refractivity contribution in [1.29, 1.82) is 0 Å². The van der Waals surface area contributed by atoms with Crippen LogP contribution < -0.4 is 4.74 Å². The molecule has 9 heteroatoms. The smallest absolute Gasteiger partial charge is 0.264 e. The molecule has 0 radical (unpaired) electrons. The molecule has 5 rings (SSSR count).